The lowest BCUT2D eigenvalue weighted by molar-refractivity contribution is -0.152. The Morgan fingerprint density at radius 1 is 1.29 bits per heavy atom. The number of amides is 1. The number of furan rings is 1. The maximum absolute atomic E-state index is 13.0. The zero-order valence-corrected chi connectivity index (χ0v) is 15.1. The van der Waals surface area contributed by atoms with Crippen molar-refractivity contribution in [2.24, 2.45) is 5.92 Å². The molecule has 24 heavy (non-hydrogen) atoms. The normalized spacial score (nSPS) is 25.2. The second-order valence-corrected chi connectivity index (χ2v) is 7.96. The topological polar surface area (TPSA) is 59.8 Å². The third kappa shape index (κ3) is 3.63. The average Bonchev–Trinajstić information content (AvgIpc) is 3.24. The van der Waals surface area contributed by atoms with Crippen molar-refractivity contribution >= 4 is 23.6 Å². The van der Waals surface area contributed by atoms with E-state index in [0.29, 0.717) is 17.4 Å². The fourth-order valence-electron chi connectivity index (χ4n) is 3.59. The SMILES string of the molecule is CC(C)OC(=O)[C@H]1CS[C@@H](C2CCCCC2)N1C(=O)c1ccco1. The monoisotopic (exact) mass is 351 g/mol. The van der Waals surface area contributed by atoms with Gasteiger partial charge in [0.15, 0.2) is 5.76 Å². The van der Waals surface area contributed by atoms with Crippen LogP contribution in [0.4, 0.5) is 0 Å². The van der Waals surface area contributed by atoms with E-state index in [9.17, 15) is 9.59 Å². The molecule has 2 fully saturated rings. The van der Waals surface area contributed by atoms with E-state index < -0.39 is 6.04 Å². The van der Waals surface area contributed by atoms with Crippen molar-refractivity contribution < 1.29 is 18.7 Å². The third-order valence-corrected chi connectivity index (χ3v) is 6.14. The number of ether oxygens (including phenoxy) is 1. The molecular weight excluding hydrogens is 326 g/mol. The Bertz CT molecular complexity index is 566. The number of thioether (sulfide) groups is 1. The number of carbonyl (C=O) groups is 2. The third-order valence-electron chi connectivity index (χ3n) is 4.68. The van der Waals surface area contributed by atoms with Gasteiger partial charge in [0.1, 0.15) is 6.04 Å². The number of hydrogen-bond donors (Lipinski definition) is 0. The summed E-state index contributed by atoms with van der Waals surface area (Å²) in [5, 5.41) is 0.0348. The predicted molar refractivity (Wildman–Crippen MR) is 92.7 cm³/mol. The minimum atomic E-state index is -0.526. The molecule has 3 rings (SSSR count). The van der Waals surface area contributed by atoms with E-state index in [1.807, 2.05) is 13.8 Å². The van der Waals surface area contributed by atoms with Crippen molar-refractivity contribution in [2.75, 3.05) is 5.75 Å². The van der Waals surface area contributed by atoms with Gasteiger partial charge in [0.05, 0.1) is 17.7 Å². The molecule has 0 N–H and O–H groups in total. The molecule has 2 aliphatic rings. The largest absolute Gasteiger partial charge is 0.461 e. The van der Waals surface area contributed by atoms with Crippen LogP contribution in [-0.4, -0.2) is 40.0 Å². The minimum Gasteiger partial charge on any atom is -0.461 e. The number of hydrogen-bond acceptors (Lipinski definition) is 5. The molecule has 1 amide bonds. The fraction of sp³-hybridized carbons (Fsp3) is 0.667. The van der Waals surface area contributed by atoms with Crippen LogP contribution in [0.25, 0.3) is 0 Å². The highest BCUT2D eigenvalue weighted by Gasteiger charge is 2.46. The molecule has 132 valence electrons. The van der Waals surface area contributed by atoms with E-state index >= 15 is 0 Å². The Morgan fingerprint density at radius 3 is 2.67 bits per heavy atom. The van der Waals surface area contributed by atoms with Gasteiger partial charge in [-0.2, -0.15) is 0 Å². The first-order valence-electron chi connectivity index (χ1n) is 8.76. The van der Waals surface area contributed by atoms with Gasteiger partial charge in [-0.15, -0.1) is 11.8 Å². The molecule has 1 aliphatic heterocycles. The number of esters is 1. The smallest absolute Gasteiger partial charge is 0.330 e. The second-order valence-electron chi connectivity index (χ2n) is 6.81. The van der Waals surface area contributed by atoms with Gasteiger partial charge in [-0.3, -0.25) is 4.79 Å². The maximum Gasteiger partial charge on any atom is 0.330 e. The lowest BCUT2D eigenvalue weighted by Gasteiger charge is -2.34. The maximum atomic E-state index is 13.0. The standard InChI is InChI=1S/C18H25NO4S/c1-12(2)23-18(21)14-11-24-17(13-7-4-3-5-8-13)19(14)16(20)15-9-6-10-22-15/h6,9-10,12-14,17H,3-5,7-8,11H2,1-2H3/t14-,17+/m1/s1. The Morgan fingerprint density at radius 2 is 2.04 bits per heavy atom. The van der Waals surface area contributed by atoms with Crippen LogP contribution in [0.2, 0.25) is 0 Å². The quantitative estimate of drug-likeness (QED) is 0.774. The van der Waals surface area contributed by atoms with Crippen LogP contribution in [0, 0.1) is 5.92 Å². The van der Waals surface area contributed by atoms with Crippen LogP contribution in [0.3, 0.4) is 0 Å². The zero-order valence-electron chi connectivity index (χ0n) is 14.3. The van der Waals surface area contributed by atoms with Gasteiger partial charge in [0.25, 0.3) is 5.91 Å². The van der Waals surface area contributed by atoms with Crippen LogP contribution in [0.15, 0.2) is 22.8 Å². The molecule has 0 bridgehead atoms. The molecule has 1 aromatic rings. The Kier molecular flexibility index (Phi) is 5.54. The van der Waals surface area contributed by atoms with Crippen molar-refractivity contribution in [1.29, 1.82) is 0 Å². The molecule has 5 nitrogen and oxygen atoms in total. The van der Waals surface area contributed by atoms with Gasteiger partial charge in [-0.05, 0) is 44.7 Å². The average molecular weight is 351 g/mol. The highest BCUT2D eigenvalue weighted by atomic mass is 32.2. The van der Waals surface area contributed by atoms with Gasteiger partial charge in [-0.25, -0.2) is 4.79 Å². The van der Waals surface area contributed by atoms with Crippen molar-refractivity contribution in [1.82, 2.24) is 4.90 Å². The van der Waals surface area contributed by atoms with E-state index in [0.717, 1.165) is 12.8 Å². The van der Waals surface area contributed by atoms with Crippen molar-refractivity contribution in [2.45, 2.75) is 63.5 Å². The Labute approximate surface area is 147 Å². The molecule has 0 aromatic carbocycles. The van der Waals surface area contributed by atoms with Crippen LogP contribution in [0.5, 0.6) is 0 Å². The van der Waals surface area contributed by atoms with Gasteiger partial charge >= 0.3 is 5.97 Å². The highest BCUT2D eigenvalue weighted by Crippen LogP contribution is 2.41. The molecule has 1 aromatic heterocycles. The van der Waals surface area contributed by atoms with Crippen LogP contribution >= 0.6 is 11.8 Å². The second kappa shape index (κ2) is 7.64. The first kappa shape index (κ1) is 17.4. The molecule has 1 saturated carbocycles. The summed E-state index contributed by atoms with van der Waals surface area (Å²) in [5.74, 6) is 0.821. The van der Waals surface area contributed by atoms with E-state index in [-0.39, 0.29) is 23.4 Å². The first-order valence-corrected chi connectivity index (χ1v) is 9.81. The molecule has 2 heterocycles. The first-order chi connectivity index (χ1) is 11.6. The lowest BCUT2D eigenvalue weighted by Crippen LogP contribution is -2.49. The summed E-state index contributed by atoms with van der Waals surface area (Å²) >= 11 is 1.71. The predicted octanol–water partition coefficient (Wildman–Crippen LogP) is 3.70. The molecular formula is C18H25NO4S. The van der Waals surface area contributed by atoms with Crippen LogP contribution in [0.1, 0.15) is 56.5 Å². The summed E-state index contributed by atoms with van der Waals surface area (Å²) < 4.78 is 10.7. The summed E-state index contributed by atoms with van der Waals surface area (Å²) in [6.07, 6.45) is 7.21. The van der Waals surface area contributed by atoms with Gasteiger partial charge in [0, 0.05) is 5.75 Å². The summed E-state index contributed by atoms with van der Waals surface area (Å²) in [6, 6.07) is 2.84. The van der Waals surface area contributed by atoms with E-state index in [2.05, 4.69) is 0 Å². The van der Waals surface area contributed by atoms with Crippen LogP contribution in [-0.2, 0) is 9.53 Å². The van der Waals surface area contributed by atoms with Crippen molar-refractivity contribution in [3.63, 3.8) is 0 Å². The number of carbonyl (C=O) groups excluding carboxylic acids is 2. The van der Waals surface area contributed by atoms with E-state index in [1.165, 1.54) is 25.5 Å². The highest BCUT2D eigenvalue weighted by molar-refractivity contribution is 8.00. The number of rotatable bonds is 4. The summed E-state index contributed by atoms with van der Waals surface area (Å²) in [6.45, 7) is 3.66. The van der Waals surface area contributed by atoms with E-state index in [4.69, 9.17) is 9.15 Å². The summed E-state index contributed by atoms with van der Waals surface area (Å²) in [7, 11) is 0. The number of nitrogens with zero attached hydrogens (tertiary/aromatic N) is 1. The van der Waals surface area contributed by atoms with Gasteiger partial charge in [-0.1, -0.05) is 19.3 Å². The molecule has 0 unspecified atom stereocenters. The molecule has 6 heteroatoms. The molecule has 2 atom stereocenters. The molecule has 1 aliphatic carbocycles. The zero-order chi connectivity index (χ0) is 17.1. The van der Waals surface area contributed by atoms with Gasteiger partial charge < -0.3 is 14.1 Å². The Hall–Kier alpha value is -1.43. The van der Waals surface area contributed by atoms with Crippen molar-refractivity contribution in [3.8, 4) is 0 Å². The molecule has 0 radical (unpaired) electrons. The lowest BCUT2D eigenvalue weighted by atomic mass is 9.88. The molecule has 0 spiro atoms. The van der Waals surface area contributed by atoms with E-state index in [1.54, 1.807) is 28.8 Å². The minimum absolute atomic E-state index is 0.0348. The van der Waals surface area contributed by atoms with Crippen molar-refractivity contribution in [3.05, 3.63) is 24.2 Å². The Balaban J connectivity index is 1.83. The summed E-state index contributed by atoms with van der Waals surface area (Å²) in [4.78, 5) is 27.2. The van der Waals surface area contributed by atoms with Crippen LogP contribution < -0.4 is 0 Å². The van der Waals surface area contributed by atoms with Gasteiger partial charge in [0.2, 0.25) is 0 Å². The fourth-order valence-corrected chi connectivity index (χ4v) is 5.21. The molecule has 1 saturated heterocycles. The summed E-state index contributed by atoms with van der Waals surface area (Å²) in [5.41, 5.74) is 0.